The molecule has 94 valence electrons. The number of amides is 1. The van der Waals surface area contributed by atoms with Gasteiger partial charge in [-0.15, -0.1) is 0 Å². The van der Waals surface area contributed by atoms with Crippen LogP contribution in [0.15, 0.2) is 12.1 Å². The van der Waals surface area contributed by atoms with E-state index < -0.39 is 0 Å². The summed E-state index contributed by atoms with van der Waals surface area (Å²) in [5.41, 5.74) is 7.92. The van der Waals surface area contributed by atoms with E-state index in [4.69, 9.17) is 5.73 Å². The van der Waals surface area contributed by atoms with Crippen LogP contribution in [0, 0.1) is 13.8 Å². The molecule has 0 aliphatic rings. The lowest BCUT2D eigenvalue weighted by molar-refractivity contribution is 0.0759. The highest BCUT2D eigenvalue weighted by atomic mass is 16.2. The summed E-state index contributed by atoms with van der Waals surface area (Å²) in [5, 5.41) is 0. The van der Waals surface area contributed by atoms with Crippen LogP contribution in [0.3, 0.4) is 0 Å². The lowest BCUT2D eigenvalue weighted by Gasteiger charge is -2.22. The summed E-state index contributed by atoms with van der Waals surface area (Å²) >= 11 is 0. The van der Waals surface area contributed by atoms with Gasteiger partial charge < -0.3 is 10.6 Å². The first-order valence-electron chi connectivity index (χ1n) is 6.03. The number of aromatic nitrogens is 1. The Balaban J connectivity index is 2.92. The molecule has 0 aliphatic heterocycles. The van der Waals surface area contributed by atoms with Gasteiger partial charge in [-0.05, 0) is 32.4 Å². The number of carbonyl (C=O) groups is 1. The quantitative estimate of drug-likeness (QED) is 0.841. The Kier molecular flexibility index (Phi) is 5.10. The molecule has 1 amide bonds. The molecule has 0 bridgehead atoms. The Morgan fingerprint density at radius 1 is 1.35 bits per heavy atom. The topological polar surface area (TPSA) is 59.2 Å². The van der Waals surface area contributed by atoms with Gasteiger partial charge in [0, 0.05) is 25.3 Å². The number of nitrogens with two attached hydrogens (primary N) is 1. The standard InChI is InChI=1S/C13H21N3O/c1-4-8-16(9-7-14)13(17)12-6-5-10(2)15-11(12)3/h5-6H,4,7-9,14H2,1-3H3. The molecule has 0 aromatic carbocycles. The van der Waals surface area contributed by atoms with Gasteiger partial charge in [-0.3, -0.25) is 9.78 Å². The highest BCUT2D eigenvalue weighted by molar-refractivity contribution is 5.95. The molecule has 0 saturated heterocycles. The second kappa shape index (κ2) is 6.35. The summed E-state index contributed by atoms with van der Waals surface area (Å²) in [6, 6.07) is 3.71. The zero-order chi connectivity index (χ0) is 12.8. The molecule has 1 heterocycles. The normalized spacial score (nSPS) is 10.4. The monoisotopic (exact) mass is 235 g/mol. The molecule has 1 rings (SSSR count). The van der Waals surface area contributed by atoms with Crippen LogP contribution in [0.4, 0.5) is 0 Å². The van der Waals surface area contributed by atoms with E-state index >= 15 is 0 Å². The van der Waals surface area contributed by atoms with Crippen molar-refractivity contribution >= 4 is 5.91 Å². The van der Waals surface area contributed by atoms with Crippen molar-refractivity contribution in [2.45, 2.75) is 27.2 Å². The summed E-state index contributed by atoms with van der Waals surface area (Å²) in [4.78, 5) is 18.4. The summed E-state index contributed by atoms with van der Waals surface area (Å²) in [6.07, 6.45) is 0.935. The average Bonchev–Trinajstić information content (AvgIpc) is 2.28. The molecule has 0 fully saturated rings. The minimum Gasteiger partial charge on any atom is -0.337 e. The third kappa shape index (κ3) is 3.53. The maximum atomic E-state index is 12.3. The number of hydrogen-bond acceptors (Lipinski definition) is 3. The highest BCUT2D eigenvalue weighted by Crippen LogP contribution is 2.10. The number of pyridine rings is 1. The molecule has 0 aliphatic carbocycles. The van der Waals surface area contributed by atoms with E-state index in [1.54, 1.807) is 4.90 Å². The molecule has 0 radical (unpaired) electrons. The lowest BCUT2D eigenvalue weighted by Crippen LogP contribution is -2.36. The fourth-order valence-electron chi connectivity index (χ4n) is 1.82. The second-order valence-electron chi connectivity index (χ2n) is 4.17. The van der Waals surface area contributed by atoms with Gasteiger partial charge in [0.2, 0.25) is 0 Å². The summed E-state index contributed by atoms with van der Waals surface area (Å²) in [6.45, 7) is 7.67. The van der Waals surface area contributed by atoms with Gasteiger partial charge in [-0.25, -0.2) is 0 Å². The molecule has 1 aromatic rings. The second-order valence-corrected chi connectivity index (χ2v) is 4.17. The zero-order valence-electron chi connectivity index (χ0n) is 10.9. The summed E-state index contributed by atoms with van der Waals surface area (Å²) in [7, 11) is 0. The predicted octanol–water partition coefficient (Wildman–Crippen LogP) is 1.51. The molecule has 17 heavy (non-hydrogen) atoms. The van der Waals surface area contributed by atoms with E-state index in [-0.39, 0.29) is 5.91 Å². The van der Waals surface area contributed by atoms with E-state index in [1.807, 2.05) is 26.0 Å². The van der Waals surface area contributed by atoms with Gasteiger partial charge in [0.25, 0.3) is 5.91 Å². The van der Waals surface area contributed by atoms with Crippen LogP contribution in [0.1, 0.15) is 35.1 Å². The predicted molar refractivity (Wildman–Crippen MR) is 69.0 cm³/mol. The van der Waals surface area contributed by atoms with Gasteiger partial charge in [-0.1, -0.05) is 6.92 Å². The van der Waals surface area contributed by atoms with Crippen LogP contribution in [0.25, 0.3) is 0 Å². The minimum atomic E-state index is 0.0299. The average molecular weight is 235 g/mol. The first-order valence-corrected chi connectivity index (χ1v) is 6.03. The van der Waals surface area contributed by atoms with Crippen LogP contribution in [0.5, 0.6) is 0 Å². The molecule has 0 unspecified atom stereocenters. The molecule has 0 saturated carbocycles. The van der Waals surface area contributed by atoms with Crippen molar-refractivity contribution in [1.82, 2.24) is 9.88 Å². The first kappa shape index (κ1) is 13.6. The molecule has 0 atom stereocenters. The Morgan fingerprint density at radius 2 is 2.06 bits per heavy atom. The summed E-state index contributed by atoms with van der Waals surface area (Å²) < 4.78 is 0. The van der Waals surface area contributed by atoms with E-state index in [1.165, 1.54) is 0 Å². The van der Waals surface area contributed by atoms with Crippen molar-refractivity contribution in [2.75, 3.05) is 19.6 Å². The Hall–Kier alpha value is -1.42. The van der Waals surface area contributed by atoms with Crippen LogP contribution >= 0.6 is 0 Å². The van der Waals surface area contributed by atoms with E-state index in [9.17, 15) is 4.79 Å². The van der Waals surface area contributed by atoms with E-state index in [2.05, 4.69) is 11.9 Å². The van der Waals surface area contributed by atoms with Gasteiger partial charge in [0.1, 0.15) is 0 Å². The first-order chi connectivity index (χ1) is 8.10. The maximum Gasteiger partial charge on any atom is 0.255 e. The number of hydrogen-bond donors (Lipinski definition) is 1. The van der Waals surface area contributed by atoms with Crippen molar-refractivity contribution in [3.05, 3.63) is 29.1 Å². The number of rotatable bonds is 5. The fraction of sp³-hybridized carbons (Fsp3) is 0.538. The lowest BCUT2D eigenvalue weighted by atomic mass is 10.1. The van der Waals surface area contributed by atoms with Crippen LogP contribution in [-0.2, 0) is 0 Å². The third-order valence-electron chi connectivity index (χ3n) is 2.64. The molecule has 4 nitrogen and oxygen atoms in total. The molecule has 1 aromatic heterocycles. The van der Waals surface area contributed by atoms with Crippen molar-refractivity contribution in [1.29, 1.82) is 0 Å². The van der Waals surface area contributed by atoms with Gasteiger partial charge in [-0.2, -0.15) is 0 Å². The van der Waals surface area contributed by atoms with E-state index in [0.717, 1.165) is 24.4 Å². The Bertz CT molecular complexity index is 384. The fourth-order valence-corrected chi connectivity index (χ4v) is 1.82. The zero-order valence-corrected chi connectivity index (χ0v) is 10.9. The van der Waals surface area contributed by atoms with E-state index in [0.29, 0.717) is 18.7 Å². The van der Waals surface area contributed by atoms with Gasteiger partial charge in [0.05, 0.1) is 11.3 Å². The number of nitrogens with zero attached hydrogens (tertiary/aromatic N) is 2. The summed E-state index contributed by atoms with van der Waals surface area (Å²) in [5.74, 6) is 0.0299. The van der Waals surface area contributed by atoms with Crippen LogP contribution in [-0.4, -0.2) is 35.4 Å². The number of carbonyl (C=O) groups excluding carboxylic acids is 1. The smallest absolute Gasteiger partial charge is 0.255 e. The molecule has 2 N–H and O–H groups in total. The van der Waals surface area contributed by atoms with Crippen molar-refractivity contribution in [2.24, 2.45) is 5.73 Å². The third-order valence-corrected chi connectivity index (χ3v) is 2.64. The van der Waals surface area contributed by atoms with Crippen molar-refractivity contribution < 1.29 is 4.79 Å². The highest BCUT2D eigenvalue weighted by Gasteiger charge is 2.16. The minimum absolute atomic E-state index is 0.0299. The largest absolute Gasteiger partial charge is 0.337 e. The molecular formula is C13H21N3O. The van der Waals surface area contributed by atoms with Crippen LogP contribution < -0.4 is 5.73 Å². The SMILES string of the molecule is CCCN(CCN)C(=O)c1ccc(C)nc1C. The van der Waals surface area contributed by atoms with Crippen LogP contribution in [0.2, 0.25) is 0 Å². The van der Waals surface area contributed by atoms with Gasteiger partial charge >= 0.3 is 0 Å². The van der Waals surface area contributed by atoms with Crippen molar-refractivity contribution in [3.8, 4) is 0 Å². The molecule has 0 spiro atoms. The molecule has 4 heteroatoms. The Labute approximate surface area is 103 Å². The van der Waals surface area contributed by atoms with Crippen molar-refractivity contribution in [3.63, 3.8) is 0 Å². The Morgan fingerprint density at radius 3 is 2.59 bits per heavy atom. The maximum absolute atomic E-state index is 12.3. The number of aryl methyl sites for hydroxylation is 2. The van der Waals surface area contributed by atoms with Gasteiger partial charge in [0.15, 0.2) is 0 Å². The molecular weight excluding hydrogens is 214 g/mol.